The summed E-state index contributed by atoms with van der Waals surface area (Å²) in [7, 11) is -3.30. The largest absolute Gasteiger partial charge is 0.466 e. The number of hydrogen-bond donors (Lipinski definition) is 2. The lowest BCUT2D eigenvalue weighted by molar-refractivity contribution is -0.138. The van der Waals surface area contributed by atoms with Gasteiger partial charge in [-0.1, -0.05) is 60.4 Å². The molecule has 1 aliphatic rings. The standard InChI is InChI=1S/C31H32N3O7P/c1-5-40-42(38,41-6-2)31(20-12-13-23-18-19-24-14-10-11-15-25(24)21-23)27(28(35)39-4)22(3)34(29(31)36)33-30(37)32-26-16-8-7-9-17-26/h7-11,14-19,21H,5-6,20H2,1-4H3,(H2,32,33,37). The Bertz CT molecular complexity index is 1630. The van der Waals surface area contributed by atoms with E-state index >= 15 is 0 Å². The molecule has 0 saturated heterocycles. The van der Waals surface area contributed by atoms with Crippen LogP contribution in [0.3, 0.4) is 0 Å². The van der Waals surface area contributed by atoms with Gasteiger partial charge in [-0.25, -0.2) is 20.0 Å². The summed E-state index contributed by atoms with van der Waals surface area (Å²) < 4.78 is 30.9. The highest BCUT2D eigenvalue weighted by Gasteiger charge is 2.67. The van der Waals surface area contributed by atoms with Crippen molar-refractivity contribution >= 4 is 42.0 Å². The number of rotatable bonds is 9. The van der Waals surface area contributed by atoms with Crippen LogP contribution in [0.25, 0.3) is 10.8 Å². The predicted octanol–water partition coefficient (Wildman–Crippen LogP) is 5.61. The molecule has 0 aliphatic carbocycles. The summed E-state index contributed by atoms with van der Waals surface area (Å²) in [4.78, 5) is 40.5. The molecular weight excluding hydrogens is 557 g/mol. The number of hydrogen-bond acceptors (Lipinski definition) is 7. The molecule has 0 bridgehead atoms. The number of esters is 1. The highest BCUT2D eigenvalue weighted by Crippen LogP contribution is 2.67. The number of allylic oxidation sites excluding steroid dienone is 1. The van der Waals surface area contributed by atoms with Gasteiger partial charge in [0.2, 0.25) is 0 Å². The molecule has 1 atom stereocenters. The number of amides is 3. The van der Waals surface area contributed by atoms with Crippen molar-refractivity contribution in [1.29, 1.82) is 0 Å². The van der Waals surface area contributed by atoms with Gasteiger partial charge in [0, 0.05) is 17.7 Å². The maximum absolute atomic E-state index is 14.5. The molecular formula is C31H32N3O7P. The monoisotopic (exact) mass is 589 g/mol. The first-order chi connectivity index (χ1) is 20.2. The number of anilines is 1. The summed E-state index contributed by atoms with van der Waals surface area (Å²) in [6.45, 7) is 4.46. The molecule has 42 heavy (non-hydrogen) atoms. The number of methoxy groups -OCH3 is 1. The summed E-state index contributed by atoms with van der Waals surface area (Å²) in [6, 6.07) is 21.2. The van der Waals surface area contributed by atoms with Gasteiger partial charge in [-0.2, -0.15) is 0 Å². The summed E-state index contributed by atoms with van der Waals surface area (Å²) in [6.07, 6.45) is -0.420. The maximum Gasteiger partial charge on any atom is 0.351 e. The molecule has 0 saturated carbocycles. The van der Waals surface area contributed by atoms with Gasteiger partial charge in [-0.05, 0) is 55.8 Å². The summed E-state index contributed by atoms with van der Waals surface area (Å²) >= 11 is 0. The molecule has 1 heterocycles. The third-order valence-corrected chi connectivity index (χ3v) is 9.40. The van der Waals surface area contributed by atoms with Crippen molar-refractivity contribution in [1.82, 2.24) is 10.4 Å². The molecule has 1 aliphatic heterocycles. The molecule has 3 amide bonds. The van der Waals surface area contributed by atoms with Gasteiger partial charge in [-0.15, -0.1) is 0 Å². The zero-order valence-electron chi connectivity index (χ0n) is 23.8. The van der Waals surface area contributed by atoms with Crippen LogP contribution in [0, 0.1) is 11.8 Å². The molecule has 0 radical (unpaired) electrons. The number of fused-ring (bicyclic) bond motifs is 1. The van der Waals surface area contributed by atoms with E-state index in [2.05, 4.69) is 22.6 Å². The quantitative estimate of drug-likeness (QED) is 0.189. The van der Waals surface area contributed by atoms with Gasteiger partial charge in [0.25, 0.3) is 5.91 Å². The van der Waals surface area contributed by atoms with Crippen LogP contribution in [-0.2, 0) is 27.9 Å². The fourth-order valence-corrected chi connectivity index (χ4v) is 7.17. The lowest BCUT2D eigenvalue weighted by Gasteiger charge is -2.34. The predicted molar refractivity (Wildman–Crippen MR) is 159 cm³/mol. The van der Waals surface area contributed by atoms with E-state index in [0.29, 0.717) is 11.3 Å². The normalized spacial score (nSPS) is 16.7. The van der Waals surface area contributed by atoms with E-state index in [9.17, 15) is 18.9 Å². The Balaban J connectivity index is 1.80. The first kappa shape index (κ1) is 30.5. The number of urea groups is 1. The van der Waals surface area contributed by atoms with E-state index in [4.69, 9.17) is 13.8 Å². The minimum Gasteiger partial charge on any atom is -0.466 e. The molecule has 3 aromatic carbocycles. The molecule has 0 spiro atoms. The SMILES string of the molecule is CCOP(=O)(OCC)C1(CC#Cc2ccc3ccccc3c2)C(=O)N(NC(=O)Nc2ccccc2)C(C)=C1C(=O)OC. The molecule has 10 nitrogen and oxygen atoms in total. The van der Waals surface area contributed by atoms with E-state index in [1.807, 2.05) is 42.5 Å². The Kier molecular flexibility index (Phi) is 9.48. The van der Waals surface area contributed by atoms with Gasteiger partial charge in [0.1, 0.15) is 0 Å². The first-order valence-electron chi connectivity index (χ1n) is 13.3. The molecule has 0 aromatic heterocycles. The molecule has 3 aromatic rings. The molecule has 11 heteroatoms. The van der Waals surface area contributed by atoms with E-state index in [0.717, 1.165) is 22.9 Å². The average molecular weight is 590 g/mol. The van der Waals surface area contributed by atoms with Crippen molar-refractivity contribution in [2.24, 2.45) is 0 Å². The van der Waals surface area contributed by atoms with E-state index in [1.54, 1.807) is 44.2 Å². The second-order valence-electron chi connectivity index (χ2n) is 9.26. The Morgan fingerprint density at radius 3 is 2.24 bits per heavy atom. The molecule has 1 unspecified atom stereocenters. The van der Waals surface area contributed by atoms with E-state index in [-0.39, 0.29) is 24.5 Å². The van der Waals surface area contributed by atoms with Crippen LogP contribution >= 0.6 is 7.60 Å². The lowest BCUT2D eigenvalue weighted by atomic mass is 9.95. The van der Waals surface area contributed by atoms with Crippen LogP contribution in [0.2, 0.25) is 0 Å². The maximum atomic E-state index is 14.5. The fraction of sp³-hybridized carbons (Fsp3) is 0.258. The number of ether oxygens (including phenoxy) is 1. The van der Waals surface area contributed by atoms with Crippen LogP contribution < -0.4 is 10.7 Å². The first-order valence-corrected chi connectivity index (χ1v) is 14.9. The van der Waals surface area contributed by atoms with Crippen molar-refractivity contribution in [2.45, 2.75) is 32.3 Å². The van der Waals surface area contributed by atoms with Crippen LogP contribution in [-0.4, -0.2) is 48.4 Å². The number of benzene rings is 3. The van der Waals surface area contributed by atoms with Crippen molar-refractivity contribution < 1.29 is 32.7 Å². The summed E-state index contributed by atoms with van der Waals surface area (Å²) in [5.74, 6) is 4.13. The molecule has 4 rings (SSSR count). The summed E-state index contributed by atoms with van der Waals surface area (Å²) in [5, 5.41) is 3.27. The number of hydrazine groups is 1. The smallest absolute Gasteiger partial charge is 0.351 e. The molecule has 0 fully saturated rings. The van der Waals surface area contributed by atoms with Gasteiger partial charge >= 0.3 is 19.6 Å². The minimum atomic E-state index is -4.45. The number of nitrogens with zero attached hydrogens (tertiary/aromatic N) is 1. The number of nitrogens with one attached hydrogen (secondary N) is 2. The van der Waals surface area contributed by atoms with Crippen LogP contribution in [0.5, 0.6) is 0 Å². The second-order valence-corrected chi connectivity index (χ2v) is 11.5. The second kappa shape index (κ2) is 13.0. The van der Waals surface area contributed by atoms with E-state index in [1.165, 1.54) is 6.92 Å². The van der Waals surface area contributed by atoms with Crippen molar-refractivity contribution in [3.63, 3.8) is 0 Å². The van der Waals surface area contributed by atoms with Crippen molar-refractivity contribution in [2.75, 3.05) is 25.6 Å². The Morgan fingerprint density at radius 2 is 1.60 bits per heavy atom. The average Bonchev–Trinajstić information content (AvgIpc) is 3.19. The highest BCUT2D eigenvalue weighted by molar-refractivity contribution is 7.57. The lowest BCUT2D eigenvalue weighted by Crippen LogP contribution is -2.51. The minimum absolute atomic E-state index is 0.00204. The zero-order chi connectivity index (χ0) is 30.3. The van der Waals surface area contributed by atoms with Gasteiger partial charge < -0.3 is 19.1 Å². The Hall–Kier alpha value is -4.42. The van der Waals surface area contributed by atoms with Gasteiger partial charge in [0.15, 0.2) is 5.16 Å². The third-order valence-electron chi connectivity index (χ3n) is 6.69. The molecule has 2 N–H and O–H groups in total. The topological polar surface area (TPSA) is 123 Å². The zero-order valence-corrected chi connectivity index (χ0v) is 24.7. The van der Waals surface area contributed by atoms with Crippen LogP contribution in [0.15, 0.2) is 84.1 Å². The Morgan fingerprint density at radius 1 is 0.952 bits per heavy atom. The number of carbonyl (C=O) groups is 3. The van der Waals surface area contributed by atoms with Gasteiger partial charge in [-0.3, -0.25) is 9.36 Å². The number of para-hydroxylation sites is 1. The number of carbonyl (C=O) groups excluding carboxylic acids is 3. The Labute approximate surface area is 244 Å². The van der Waals surface area contributed by atoms with Crippen molar-refractivity contribution in [3.05, 3.63) is 89.6 Å². The van der Waals surface area contributed by atoms with Gasteiger partial charge in [0.05, 0.1) is 31.6 Å². The van der Waals surface area contributed by atoms with Crippen LogP contribution in [0.4, 0.5) is 10.5 Å². The van der Waals surface area contributed by atoms with Crippen molar-refractivity contribution in [3.8, 4) is 11.8 Å². The highest BCUT2D eigenvalue weighted by atomic mass is 31.2. The third kappa shape index (κ3) is 5.81. The van der Waals surface area contributed by atoms with Crippen LogP contribution in [0.1, 0.15) is 32.8 Å². The summed E-state index contributed by atoms with van der Waals surface area (Å²) in [5.41, 5.74) is 3.31. The van der Waals surface area contributed by atoms with E-state index < -0.39 is 37.1 Å². The fourth-order valence-electron chi connectivity index (χ4n) is 4.84. The molecule has 218 valence electrons.